The highest BCUT2D eigenvalue weighted by Crippen LogP contribution is 2.27. The Hall–Kier alpha value is -1.27. The summed E-state index contributed by atoms with van der Waals surface area (Å²) in [5.74, 6) is 0.702. The Morgan fingerprint density at radius 3 is 2.60 bits per heavy atom. The van der Waals surface area contributed by atoms with E-state index in [0.29, 0.717) is 5.75 Å². The van der Waals surface area contributed by atoms with Crippen LogP contribution in [0.25, 0.3) is 0 Å². The average Bonchev–Trinajstić information content (AvgIpc) is 2.34. The summed E-state index contributed by atoms with van der Waals surface area (Å²) in [6.07, 6.45) is -0.498. The summed E-state index contributed by atoms with van der Waals surface area (Å²) in [6.45, 7) is 5.69. The van der Waals surface area contributed by atoms with Crippen LogP contribution in [-0.2, 0) is 4.74 Å². The molecule has 0 fully saturated rings. The van der Waals surface area contributed by atoms with Crippen molar-refractivity contribution >= 4 is 22.0 Å². The number of hydrogen-bond donors (Lipinski definition) is 2. The molecule has 0 aliphatic rings. The van der Waals surface area contributed by atoms with Crippen LogP contribution in [0, 0.1) is 0 Å². The van der Waals surface area contributed by atoms with E-state index in [4.69, 9.17) is 15.2 Å². The van der Waals surface area contributed by atoms with Crippen LogP contribution in [0.4, 0.5) is 4.79 Å². The van der Waals surface area contributed by atoms with Gasteiger partial charge in [0.15, 0.2) is 0 Å². The van der Waals surface area contributed by atoms with Gasteiger partial charge in [-0.1, -0.05) is 15.9 Å². The number of rotatable bonds is 4. The van der Waals surface area contributed by atoms with Gasteiger partial charge in [-0.3, -0.25) is 0 Å². The molecule has 0 heterocycles. The third kappa shape index (κ3) is 5.02. The van der Waals surface area contributed by atoms with Crippen LogP contribution >= 0.6 is 15.9 Å². The summed E-state index contributed by atoms with van der Waals surface area (Å²) in [5.41, 5.74) is 6.04. The number of ether oxygens (including phenoxy) is 2. The van der Waals surface area contributed by atoms with E-state index in [1.165, 1.54) is 0 Å². The SMILES string of the molecule is COc1ccc(Br)c(C(CN)NC(=O)OC(C)(C)C)c1. The number of benzene rings is 1. The van der Waals surface area contributed by atoms with Crippen LogP contribution in [0.1, 0.15) is 32.4 Å². The molecule has 1 aromatic carbocycles. The minimum absolute atomic E-state index is 0.255. The van der Waals surface area contributed by atoms with E-state index < -0.39 is 11.7 Å². The zero-order valence-electron chi connectivity index (χ0n) is 12.2. The van der Waals surface area contributed by atoms with Gasteiger partial charge in [0.25, 0.3) is 0 Å². The van der Waals surface area contributed by atoms with Crippen molar-refractivity contribution in [2.45, 2.75) is 32.4 Å². The van der Waals surface area contributed by atoms with Crippen LogP contribution in [0.3, 0.4) is 0 Å². The van der Waals surface area contributed by atoms with Gasteiger partial charge in [-0.25, -0.2) is 4.79 Å². The van der Waals surface area contributed by atoms with Gasteiger partial charge in [0.1, 0.15) is 11.4 Å². The van der Waals surface area contributed by atoms with Crippen LogP contribution in [-0.4, -0.2) is 25.3 Å². The van der Waals surface area contributed by atoms with Crippen molar-refractivity contribution in [2.75, 3.05) is 13.7 Å². The minimum Gasteiger partial charge on any atom is -0.497 e. The number of alkyl carbamates (subject to hydrolysis) is 1. The minimum atomic E-state index is -0.547. The summed E-state index contributed by atoms with van der Waals surface area (Å²) in [6, 6.07) is 5.16. The van der Waals surface area contributed by atoms with Crippen molar-refractivity contribution in [3.63, 3.8) is 0 Å². The molecule has 1 unspecified atom stereocenters. The van der Waals surface area contributed by atoms with E-state index in [2.05, 4.69) is 21.2 Å². The van der Waals surface area contributed by atoms with Crippen molar-refractivity contribution in [1.82, 2.24) is 5.32 Å². The first-order chi connectivity index (χ1) is 9.26. The highest BCUT2D eigenvalue weighted by molar-refractivity contribution is 9.10. The Kier molecular flexibility index (Phi) is 5.83. The molecule has 1 aromatic rings. The fourth-order valence-corrected chi connectivity index (χ4v) is 2.15. The number of nitrogens with one attached hydrogen (secondary N) is 1. The summed E-state index contributed by atoms with van der Waals surface area (Å²) >= 11 is 3.45. The smallest absolute Gasteiger partial charge is 0.408 e. The highest BCUT2D eigenvalue weighted by Gasteiger charge is 2.21. The van der Waals surface area contributed by atoms with E-state index in [-0.39, 0.29) is 12.6 Å². The first-order valence-corrected chi connectivity index (χ1v) is 7.09. The second-order valence-electron chi connectivity index (χ2n) is 5.32. The van der Waals surface area contributed by atoms with Crippen molar-refractivity contribution < 1.29 is 14.3 Å². The van der Waals surface area contributed by atoms with Crippen LogP contribution in [0.5, 0.6) is 5.75 Å². The Labute approximate surface area is 127 Å². The topological polar surface area (TPSA) is 73.6 Å². The Balaban J connectivity index is 2.88. The number of carbonyl (C=O) groups is 1. The molecule has 0 spiro atoms. The molecule has 6 heteroatoms. The maximum Gasteiger partial charge on any atom is 0.408 e. The van der Waals surface area contributed by atoms with Crippen LogP contribution in [0.2, 0.25) is 0 Å². The monoisotopic (exact) mass is 344 g/mol. The van der Waals surface area contributed by atoms with E-state index in [0.717, 1.165) is 10.0 Å². The lowest BCUT2D eigenvalue weighted by molar-refractivity contribution is 0.0505. The van der Waals surface area contributed by atoms with E-state index >= 15 is 0 Å². The molecule has 0 aliphatic heterocycles. The molecule has 1 amide bonds. The number of amides is 1. The normalized spacial score (nSPS) is 12.7. The maximum atomic E-state index is 11.8. The van der Waals surface area contributed by atoms with E-state index in [1.807, 2.05) is 39.0 Å². The van der Waals surface area contributed by atoms with Crippen LogP contribution < -0.4 is 15.8 Å². The van der Waals surface area contributed by atoms with Gasteiger partial charge >= 0.3 is 6.09 Å². The van der Waals surface area contributed by atoms with E-state index in [9.17, 15) is 4.79 Å². The maximum absolute atomic E-state index is 11.8. The molecule has 112 valence electrons. The first-order valence-electron chi connectivity index (χ1n) is 6.30. The molecule has 0 radical (unpaired) electrons. The quantitative estimate of drug-likeness (QED) is 0.880. The second-order valence-corrected chi connectivity index (χ2v) is 6.18. The fourth-order valence-electron chi connectivity index (χ4n) is 1.63. The number of hydrogen-bond acceptors (Lipinski definition) is 4. The summed E-state index contributed by atoms with van der Waals surface area (Å²) < 4.78 is 11.3. The lowest BCUT2D eigenvalue weighted by Gasteiger charge is -2.24. The molecule has 1 rings (SSSR count). The Morgan fingerprint density at radius 2 is 2.10 bits per heavy atom. The number of carbonyl (C=O) groups excluding carboxylic acids is 1. The van der Waals surface area contributed by atoms with Gasteiger partial charge < -0.3 is 20.5 Å². The van der Waals surface area contributed by atoms with Gasteiger partial charge in [-0.05, 0) is 44.5 Å². The molecular weight excluding hydrogens is 324 g/mol. The number of halogens is 1. The Morgan fingerprint density at radius 1 is 1.45 bits per heavy atom. The standard InChI is InChI=1S/C14H21BrN2O3/c1-14(2,3)20-13(18)17-12(8-16)10-7-9(19-4)5-6-11(10)15/h5-7,12H,8,16H2,1-4H3,(H,17,18). The molecule has 0 aromatic heterocycles. The molecule has 1 atom stereocenters. The Bertz CT molecular complexity index is 472. The van der Waals surface area contributed by atoms with Gasteiger partial charge in [0.2, 0.25) is 0 Å². The van der Waals surface area contributed by atoms with Crippen molar-refractivity contribution in [2.24, 2.45) is 5.73 Å². The highest BCUT2D eigenvalue weighted by atomic mass is 79.9. The average molecular weight is 345 g/mol. The number of nitrogens with two attached hydrogens (primary N) is 1. The third-order valence-electron chi connectivity index (χ3n) is 2.51. The zero-order valence-corrected chi connectivity index (χ0v) is 13.8. The fraction of sp³-hybridized carbons (Fsp3) is 0.500. The lowest BCUT2D eigenvalue weighted by atomic mass is 10.1. The molecule has 3 N–H and O–H groups in total. The second kappa shape index (κ2) is 6.95. The molecular formula is C14H21BrN2O3. The van der Waals surface area contributed by atoms with E-state index in [1.54, 1.807) is 7.11 Å². The van der Waals surface area contributed by atoms with Crippen LogP contribution in [0.15, 0.2) is 22.7 Å². The van der Waals surface area contributed by atoms with Crippen molar-refractivity contribution in [3.8, 4) is 5.75 Å². The third-order valence-corrected chi connectivity index (χ3v) is 3.23. The molecule has 0 saturated heterocycles. The molecule has 5 nitrogen and oxygen atoms in total. The summed E-state index contributed by atoms with van der Waals surface area (Å²) in [7, 11) is 1.59. The van der Waals surface area contributed by atoms with Gasteiger partial charge in [0, 0.05) is 11.0 Å². The largest absolute Gasteiger partial charge is 0.497 e. The lowest BCUT2D eigenvalue weighted by Crippen LogP contribution is -2.37. The molecule has 0 aliphatic carbocycles. The molecule has 0 saturated carbocycles. The van der Waals surface area contributed by atoms with Crippen molar-refractivity contribution in [3.05, 3.63) is 28.2 Å². The summed E-state index contributed by atoms with van der Waals surface area (Å²) in [5, 5.41) is 2.76. The predicted octanol–water partition coefficient (Wildman–Crippen LogP) is 2.98. The van der Waals surface area contributed by atoms with Gasteiger partial charge in [-0.2, -0.15) is 0 Å². The van der Waals surface area contributed by atoms with Gasteiger partial charge in [0.05, 0.1) is 13.2 Å². The summed E-state index contributed by atoms with van der Waals surface area (Å²) in [4.78, 5) is 11.8. The molecule has 20 heavy (non-hydrogen) atoms. The first kappa shape index (κ1) is 16.8. The number of methoxy groups -OCH3 is 1. The molecule has 0 bridgehead atoms. The predicted molar refractivity (Wildman–Crippen MR) is 81.9 cm³/mol. The van der Waals surface area contributed by atoms with Gasteiger partial charge in [-0.15, -0.1) is 0 Å². The zero-order chi connectivity index (χ0) is 15.3. The van der Waals surface area contributed by atoms with Crippen molar-refractivity contribution in [1.29, 1.82) is 0 Å².